The average molecular weight is 294 g/mol. The number of nitrogen functional groups attached to an aromatic ring is 1. The average Bonchev–Trinajstić information content (AvgIpc) is 2.72. The van der Waals surface area contributed by atoms with E-state index in [-0.39, 0.29) is 17.3 Å². The number of nitrogens with one attached hydrogen (secondary N) is 1. The molecule has 2 heterocycles. The van der Waals surface area contributed by atoms with Gasteiger partial charge in [-0.25, -0.2) is 14.9 Å². The van der Waals surface area contributed by atoms with E-state index in [1.807, 2.05) is 13.8 Å². The Bertz CT molecular complexity index is 705. The van der Waals surface area contributed by atoms with Gasteiger partial charge in [0.1, 0.15) is 5.03 Å². The summed E-state index contributed by atoms with van der Waals surface area (Å²) in [4.78, 5) is 27.1. The predicted octanol–water partition coefficient (Wildman–Crippen LogP) is 0.380. The minimum absolute atomic E-state index is 0.0745. The molecule has 0 fully saturated rings. The monoisotopic (exact) mass is 294 g/mol. The summed E-state index contributed by atoms with van der Waals surface area (Å²) in [6, 6.07) is 1.37. The van der Waals surface area contributed by atoms with Gasteiger partial charge in [0.05, 0.1) is 17.4 Å². The fourth-order valence-electron chi connectivity index (χ4n) is 1.63. The van der Waals surface area contributed by atoms with E-state index in [0.717, 1.165) is 11.8 Å². The smallest absolute Gasteiger partial charge is 0.344 e. The van der Waals surface area contributed by atoms with Crippen LogP contribution in [-0.2, 0) is 0 Å². The first-order chi connectivity index (χ1) is 9.40. The highest BCUT2D eigenvalue weighted by molar-refractivity contribution is 7.99. The Hall–Kier alpha value is -2.29. The Morgan fingerprint density at radius 3 is 2.80 bits per heavy atom. The van der Waals surface area contributed by atoms with Gasteiger partial charge in [-0.15, -0.1) is 5.10 Å². The van der Waals surface area contributed by atoms with E-state index in [1.54, 1.807) is 0 Å². The van der Waals surface area contributed by atoms with E-state index < -0.39 is 5.91 Å². The van der Waals surface area contributed by atoms with E-state index in [0.29, 0.717) is 15.9 Å². The van der Waals surface area contributed by atoms with Crippen LogP contribution in [0.2, 0.25) is 0 Å². The van der Waals surface area contributed by atoms with Gasteiger partial charge in [-0.1, -0.05) is 0 Å². The maximum absolute atomic E-state index is 11.6. The number of aromatic amines is 1. The number of rotatable bonds is 4. The van der Waals surface area contributed by atoms with Crippen molar-refractivity contribution in [3.63, 3.8) is 0 Å². The fourth-order valence-corrected chi connectivity index (χ4v) is 2.66. The highest BCUT2D eigenvalue weighted by atomic mass is 32.2. The Kier molecular flexibility index (Phi) is 3.79. The number of pyridine rings is 1. The first-order valence-electron chi connectivity index (χ1n) is 5.80. The maximum atomic E-state index is 11.6. The van der Waals surface area contributed by atoms with Crippen molar-refractivity contribution in [3.05, 3.63) is 28.3 Å². The van der Waals surface area contributed by atoms with Crippen molar-refractivity contribution in [2.45, 2.75) is 30.1 Å². The molecule has 9 heteroatoms. The van der Waals surface area contributed by atoms with Crippen molar-refractivity contribution in [1.29, 1.82) is 0 Å². The van der Waals surface area contributed by atoms with Crippen molar-refractivity contribution in [2.24, 2.45) is 5.73 Å². The third-order valence-electron chi connectivity index (χ3n) is 2.51. The summed E-state index contributed by atoms with van der Waals surface area (Å²) in [7, 11) is 0. The molecule has 106 valence electrons. The van der Waals surface area contributed by atoms with E-state index in [2.05, 4.69) is 15.2 Å². The van der Waals surface area contributed by atoms with Gasteiger partial charge in [0.25, 0.3) is 5.91 Å². The number of nitrogens with zero attached hydrogens (tertiary/aromatic N) is 3. The van der Waals surface area contributed by atoms with E-state index in [4.69, 9.17) is 11.5 Å². The number of aromatic nitrogens is 4. The van der Waals surface area contributed by atoms with E-state index in [9.17, 15) is 9.59 Å². The van der Waals surface area contributed by atoms with Gasteiger partial charge in [-0.2, -0.15) is 0 Å². The molecule has 8 nitrogen and oxygen atoms in total. The SMILES string of the molecule is CC(C)n1c(Sc2ncc(N)cc2C(N)=O)n[nH]c1=O. The van der Waals surface area contributed by atoms with Crippen LogP contribution >= 0.6 is 11.8 Å². The highest BCUT2D eigenvalue weighted by Gasteiger charge is 2.17. The molecule has 0 aliphatic carbocycles. The number of hydrogen-bond acceptors (Lipinski definition) is 6. The number of anilines is 1. The lowest BCUT2D eigenvalue weighted by Crippen LogP contribution is -2.19. The Balaban J connectivity index is 2.45. The molecule has 0 atom stereocenters. The molecule has 2 aromatic heterocycles. The molecule has 0 aromatic carbocycles. The lowest BCUT2D eigenvalue weighted by molar-refractivity contribution is 0.0997. The first kappa shape index (κ1) is 14.1. The summed E-state index contributed by atoms with van der Waals surface area (Å²) in [6.45, 7) is 3.71. The second kappa shape index (κ2) is 5.37. The van der Waals surface area contributed by atoms with Crippen molar-refractivity contribution in [1.82, 2.24) is 19.7 Å². The zero-order chi connectivity index (χ0) is 14.9. The molecular formula is C11H14N6O2S. The number of primary amides is 1. The molecule has 0 radical (unpaired) electrons. The number of carbonyl (C=O) groups excluding carboxylic acids is 1. The summed E-state index contributed by atoms with van der Waals surface area (Å²) >= 11 is 1.08. The molecule has 0 spiro atoms. The molecule has 0 unspecified atom stereocenters. The number of carbonyl (C=O) groups is 1. The highest BCUT2D eigenvalue weighted by Crippen LogP contribution is 2.28. The lowest BCUT2D eigenvalue weighted by Gasteiger charge is -2.09. The summed E-state index contributed by atoms with van der Waals surface area (Å²) in [5, 5.41) is 7.05. The van der Waals surface area contributed by atoms with Crippen LogP contribution in [0.3, 0.4) is 0 Å². The van der Waals surface area contributed by atoms with Crippen LogP contribution in [0, 0.1) is 0 Å². The standard InChI is InChI=1S/C11H14N6O2S/c1-5(2)17-10(19)15-16-11(17)20-9-7(8(13)18)3-6(12)4-14-9/h3-5H,12H2,1-2H3,(H2,13,18)(H,15,19). The fraction of sp³-hybridized carbons (Fsp3) is 0.273. The van der Waals surface area contributed by atoms with Crippen LogP contribution in [0.25, 0.3) is 0 Å². The van der Waals surface area contributed by atoms with Gasteiger partial charge in [-0.3, -0.25) is 9.36 Å². The number of H-pyrrole nitrogens is 1. The largest absolute Gasteiger partial charge is 0.397 e. The van der Waals surface area contributed by atoms with Crippen molar-refractivity contribution >= 4 is 23.4 Å². The predicted molar refractivity (Wildman–Crippen MR) is 74.5 cm³/mol. The molecule has 0 saturated carbocycles. The third kappa shape index (κ3) is 2.67. The molecule has 2 aromatic rings. The van der Waals surface area contributed by atoms with Crippen LogP contribution in [-0.4, -0.2) is 25.7 Å². The van der Waals surface area contributed by atoms with Gasteiger partial charge in [0.15, 0.2) is 5.16 Å². The molecule has 1 amide bonds. The Labute approximate surface area is 118 Å². The Morgan fingerprint density at radius 1 is 1.50 bits per heavy atom. The lowest BCUT2D eigenvalue weighted by atomic mass is 10.2. The zero-order valence-corrected chi connectivity index (χ0v) is 11.8. The minimum atomic E-state index is -0.638. The number of nitrogens with two attached hydrogens (primary N) is 2. The van der Waals surface area contributed by atoms with Crippen molar-refractivity contribution in [2.75, 3.05) is 5.73 Å². The molecule has 20 heavy (non-hydrogen) atoms. The molecule has 0 saturated heterocycles. The normalized spacial score (nSPS) is 10.9. The molecule has 0 aliphatic heterocycles. The van der Waals surface area contributed by atoms with Crippen LogP contribution in [0.5, 0.6) is 0 Å². The first-order valence-corrected chi connectivity index (χ1v) is 6.62. The molecular weight excluding hydrogens is 280 g/mol. The summed E-state index contributed by atoms with van der Waals surface area (Å²) in [6.07, 6.45) is 1.42. The molecule has 5 N–H and O–H groups in total. The van der Waals surface area contributed by atoms with Crippen LogP contribution in [0.4, 0.5) is 5.69 Å². The van der Waals surface area contributed by atoms with Gasteiger partial charge < -0.3 is 11.5 Å². The molecule has 0 aliphatic rings. The van der Waals surface area contributed by atoms with Gasteiger partial charge in [0, 0.05) is 6.04 Å². The summed E-state index contributed by atoms with van der Waals surface area (Å²) in [5.41, 5.74) is 11.1. The van der Waals surface area contributed by atoms with Gasteiger partial charge in [0.2, 0.25) is 0 Å². The maximum Gasteiger partial charge on any atom is 0.344 e. The second-order valence-corrected chi connectivity index (χ2v) is 5.32. The third-order valence-corrected chi connectivity index (χ3v) is 3.50. The number of amides is 1. The summed E-state index contributed by atoms with van der Waals surface area (Å²) in [5.74, 6) is -0.638. The summed E-state index contributed by atoms with van der Waals surface area (Å²) < 4.78 is 1.47. The number of hydrogen-bond donors (Lipinski definition) is 3. The van der Waals surface area contributed by atoms with Crippen molar-refractivity contribution in [3.8, 4) is 0 Å². The van der Waals surface area contributed by atoms with Crippen LogP contribution < -0.4 is 17.2 Å². The Morgan fingerprint density at radius 2 is 2.20 bits per heavy atom. The van der Waals surface area contributed by atoms with Crippen molar-refractivity contribution < 1.29 is 4.79 Å². The van der Waals surface area contributed by atoms with Gasteiger partial charge >= 0.3 is 5.69 Å². The topological polar surface area (TPSA) is 133 Å². The quantitative estimate of drug-likeness (QED) is 0.746. The zero-order valence-electron chi connectivity index (χ0n) is 11.0. The second-order valence-electron chi connectivity index (χ2n) is 4.36. The van der Waals surface area contributed by atoms with E-state index >= 15 is 0 Å². The van der Waals surface area contributed by atoms with Crippen LogP contribution in [0.15, 0.2) is 27.2 Å². The minimum Gasteiger partial charge on any atom is -0.397 e. The van der Waals surface area contributed by atoms with Crippen LogP contribution in [0.1, 0.15) is 30.2 Å². The van der Waals surface area contributed by atoms with E-state index in [1.165, 1.54) is 16.8 Å². The molecule has 2 rings (SSSR count). The molecule has 0 bridgehead atoms. The van der Waals surface area contributed by atoms with Gasteiger partial charge in [-0.05, 0) is 31.7 Å².